The molecule has 0 atom stereocenters. The fourth-order valence-corrected chi connectivity index (χ4v) is 4.07. The maximum absolute atomic E-state index is 11.0. The Bertz CT molecular complexity index is 281. The molecule has 9 heteroatoms. The number of nitrogens with zero attached hydrogens (tertiary/aromatic N) is 1. The third-order valence-corrected chi connectivity index (χ3v) is 5.47. The molecule has 3 radical (unpaired) electrons. The maximum atomic E-state index is 11.0. The Morgan fingerprint density at radius 2 is 1.67 bits per heavy atom. The molecule has 0 aromatic heterocycles. The summed E-state index contributed by atoms with van der Waals surface area (Å²) in [4.78, 5) is 36.6. The van der Waals surface area contributed by atoms with Gasteiger partial charge in [-0.15, -0.1) is 0 Å². The summed E-state index contributed by atoms with van der Waals surface area (Å²) in [7, 11) is -9.74. The van der Waals surface area contributed by atoms with Gasteiger partial charge < -0.3 is 19.6 Å². The molecule has 15 heavy (non-hydrogen) atoms. The lowest BCUT2D eigenvalue weighted by Crippen LogP contribution is -2.36. The first-order chi connectivity index (χ1) is 6.73. The van der Waals surface area contributed by atoms with Crippen LogP contribution in [0.4, 0.5) is 0 Å². The highest BCUT2D eigenvalue weighted by Gasteiger charge is 2.47. The Balaban J connectivity index is 2.91. The lowest BCUT2D eigenvalue weighted by Gasteiger charge is -2.33. The Kier molecular flexibility index (Phi) is 4.12. The second-order valence-electron chi connectivity index (χ2n) is 3.13. The summed E-state index contributed by atoms with van der Waals surface area (Å²) in [6, 6.07) is 0. The van der Waals surface area contributed by atoms with Crippen LogP contribution in [0.15, 0.2) is 0 Å². The molecular formula is C6H12NO6P2. The van der Waals surface area contributed by atoms with Crippen molar-refractivity contribution in [2.24, 2.45) is 0 Å². The van der Waals surface area contributed by atoms with E-state index in [9.17, 15) is 9.13 Å². The van der Waals surface area contributed by atoms with Gasteiger partial charge in [0.05, 0.1) is 0 Å². The number of rotatable bonds is 3. The molecule has 1 heterocycles. The van der Waals surface area contributed by atoms with Gasteiger partial charge in [-0.3, -0.25) is 14.0 Å². The maximum Gasteiger partial charge on any atom is 0.354 e. The highest BCUT2D eigenvalue weighted by molar-refractivity contribution is 7.70. The van der Waals surface area contributed by atoms with Gasteiger partial charge >= 0.3 is 15.2 Å². The summed E-state index contributed by atoms with van der Waals surface area (Å²) >= 11 is 0. The molecule has 0 saturated carbocycles. The van der Waals surface area contributed by atoms with E-state index in [-0.39, 0.29) is 6.54 Å². The molecule has 1 fully saturated rings. The molecule has 0 spiro atoms. The lowest BCUT2D eigenvalue weighted by molar-refractivity contribution is 0.254. The van der Waals surface area contributed by atoms with E-state index in [1.54, 1.807) is 6.42 Å². The van der Waals surface area contributed by atoms with Crippen molar-refractivity contribution in [1.29, 1.82) is 0 Å². The minimum Gasteiger partial charge on any atom is -0.323 e. The monoisotopic (exact) mass is 256 g/mol. The van der Waals surface area contributed by atoms with Crippen LogP contribution in [0.5, 0.6) is 0 Å². The van der Waals surface area contributed by atoms with Crippen LogP contribution in [0.2, 0.25) is 0 Å². The normalized spacial score (nSPS) is 20.9. The van der Waals surface area contributed by atoms with Crippen molar-refractivity contribution in [1.82, 2.24) is 4.90 Å². The quantitative estimate of drug-likeness (QED) is 0.520. The van der Waals surface area contributed by atoms with Gasteiger partial charge in [-0.05, 0) is 19.3 Å². The highest BCUT2D eigenvalue weighted by atomic mass is 31.2. The summed E-state index contributed by atoms with van der Waals surface area (Å²) in [5, 5.41) is 0. The summed E-state index contributed by atoms with van der Waals surface area (Å²) in [5.74, 6) is 0. The van der Waals surface area contributed by atoms with Gasteiger partial charge in [0.1, 0.15) is 0 Å². The molecule has 1 aliphatic heterocycles. The predicted octanol–water partition coefficient (Wildman–Crippen LogP) is -0.0985. The molecule has 4 N–H and O–H groups in total. The van der Waals surface area contributed by atoms with Crippen molar-refractivity contribution in [2.45, 2.75) is 11.9 Å². The van der Waals surface area contributed by atoms with Crippen LogP contribution in [0.3, 0.4) is 0 Å². The number of hydrogen-bond acceptors (Lipinski definition) is 3. The first-order valence-electron chi connectivity index (χ1n) is 4.09. The van der Waals surface area contributed by atoms with Gasteiger partial charge in [0.15, 0.2) is 0 Å². The summed E-state index contributed by atoms with van der Waals surface area (Å²) in [6.07, 6.45) is 3.74. The molecule has 87 valence electrons. The molecule has 0 aromatic rings. The zero-order valence-corrected chi connectivity index (χ0v) is 9.46. The molecule has 1 saturated heterocycles. The van der Waals surface area contributed by atoms with Crippen LogP contribution in [0, 0.1) is 19.4 Å². The van der Waals surface area contributed by atoms with E-state index in [2.05, 4.69) is 0 Å². The van der Waals surface area contributed by atoms with E-state index in [0.717, 1.165) is 4.90 Å². The zero-order valence-electron chi connectivity index (χ0n) is 7.67. The number of piperidine rings is 1. The smallest absolute Gasteiger partial charge is 0.323 e. The second-order valence-corrected chi connectivity index (χ2v) is 6.87. The lowest BCUT2D eigenvalue weighted by atomic mass is 10.1. The molecule has 1 rings (SSSR count). The van der Waals surface area contributed by atoms with E-state index in [1.165, 1.54) is 13.0 Å². The van der Waals surface area contributed by atoms with Crippen molar-refractivity contribution in [3.63, 3.8) is 0 Å². The number of hydrogen-bond donors (Lipinski definition) is 4. The van der Waals surface area contributed by atoms with Crippen LogP contribution in [0.1, 0.15) is 6.42 Å². The topological polar surface area (TPSA) is 118 Å². The van der Waals surface area contributed by atoms with Crippen LogP contribution in [-0.2, 0) is 9.13 Å². The molecule has 0 bridgehead atoms. The van der Waals surface area contributed by atoms with Gasteiger partial charge in [-0.2, -0.15) is 0 Å². The van der Waals surface area contributed by atoms with Crippen molar-refractivity contribution < 1.29 is 28.7 Å². The van der Waals surface area contributed by atoms with E-state index >= 15 is 0 Å². The SMILES string of the molecule is O=P(O)(O)C(N1[CH][CH][CH]CC1)P(=O)(O)O. The fourth-order valence-electron chi connectivity index (χ4n) is 1.34. The van der Waals surface area contributed by atoms with Crippen LogP contribution >= 0.6 is 15.2 Å². The first kappa shape index (κ1) is 13.3. The Morgan fingerprint density at radius 3 is 2.00 bits per heavy atom. The fraction of sp³-hybridized carbons (Fsp3) is 0.500. The third-order valence-electron chi connectivity index (χ3n) is 1.87. The highest BCUT2D eigenvalue weighted by Crippen LogP contribution is 2.61. The average Bonchev–Trinajstić information content (AvgIpc) is 2.00. The van der Waals surface area contributed by atoms with E-state index in [1.807, 2.05) is 0 Å². The first-order valence-corrected chi connectivity index (χ1v) is 7.45. The zero-order chi connectivity index (χ0) is 11.7. The van der Waals surface area contributed by atoms with Crippen molar-refractivity contribution >= 4 is 15.2 Å². The minimum absolute atomic E-state index is 0.178. The average molecular weight is 256 g/mol. The van der Waals surface area contributed by atoms with Crippen LogP contribution < -0.4 is 0 Å². The van der Waals surface area contributed by atoms with E-state index in [4.69, 9.17) is 19.6 Å². The Hall–Kier alpha value is 0.260. The summed E-state index contributed by atoms with van der Waals surface area (Å²) in [6.45, 7) is 1.45. The number of likely N-dealkylation sites (tertiary alicyclic amines) is 1. The third kappa shape index (κ3) is 3.64. The van der Waals surface area contributed by atoms with Crippen molar-refractivity contribution in [3.8, 4) is 0 Å². The van der Waals surface area contributed by atoms with Gasteiger partial charge in [-0.1, -0.05) is 0 Å². The van der Waals surface area contributed by atoms with Crippen LogP contribution in [-0.4, -0.2) is 36.5 Å². The van der Waals surface area contributed by atoms with Crippen molar-refractivity contribution in [2.75, 3.05) is 6.54 Å². The molecule has 0 unspecified atom stereocenters. The Morgan fingerprint density at radius 1 is 1.13 bits per heavy atom. The Labute approximate surface area is 87.4 Å². The van der Waals surface area contributed by atoms with Crippen molar-refractivity contribution in [3.05, 3.63) is 19.4 Å². The van der Waals surface area contributed by atoms with E-state index < -0.39 is 20.7 Å². The van der Waals surface area contributed by atoms with Gasteiger partial charge in [0.25, 0.3) is 0 Å². The predicted molar refractivity (Wildman–Crippen MR) is 52.1 cm³/mol. The standard InChI is InChI=1S/C6H12NO6P2/c8-14(9,10)6(15(11,12)13)7-4-2-1-3-5-7/h1-2,4,6H,3,5H2,(H2,8,9,10)(H2,11,12,13). The van der Waals surface area contributed by atoms with Crippen LogP contribution in [0.25, 0.3) is 0 Å². The molecule has 7 nitrogen and oxygen atoms in total. The van der Waals surface area contributed by atoms with E-state index in [0.29, 0.717) is 6.42 Å². The molecule has 0 aromatic carbocycles. The molecule has 1 aliphatic rings. The molecular weight excluding hydrogens is 244 g/mol. The minimum atomic E-state index is -4.87. The summed E-state index contributed by atoms with van der Waals surface area (Å²) in [5.41, 5.74) is -2.07. The summed E-state index contributed by atoms with van der Waals surface area (Å²) < 4.78 is 22.0. The molecule has 0 aliphatic carbocycles. The largest absolute Gasteiger partial charge is 0.354 e. The second kappa shape index (κ2) is 4.63. The van der Waals surface area contributed by atoms with Gasteiger partial charge in [0, 0.05) is 13.1 Å². The van der Waals surface area contributed by atoms with Gasteiger partial charge in [0.2, 0.25) is 5.52 Å². The molecule has 0 amide bonds. The van der Waals surface area contributed by atoms with Gasteiger partial charge in [-0.25, -0.2) is 0 Å².